The van der Waals surface area contributed by atoms with E-state index in [-0.39, 0.29) is 30.4 Å². The minimum atomic E-state index is 0. The number of nitrogens with two attached hydrogens (primary N) is 1. The van der Waals surface area contributed by atoms with Crippen LogP contribution in [0.5, 0.6) is 0 Å². The molecule has 2 fully saturated rings. The summed E-state index contributed by atoms with van der Waals surface area (Å²) in [5.41, 5.74) is 5.67. The van der Waals surface area contributed by atoms with E-state index in [2.05, 4.69) is 16.8 Å². The third-order valence-corrected chi connectivity index (χ3v) is 5.27. The van der Waals surface area contributed by atoms with Crippen LogP contribution in [-0.2, 0) is 4.79 Å². The van der Waals surface area contributed by atoms with Crippen LogP contribution in [0.2, 0.25) is 0 Å². The number of piperazine rings is 1. The molecule has 1 amide bonds. The van der Waals surface area contributed by atoms with Gasteiger partial charge < -0.3 is 15.5 Å². The molecule has 6 heteroatoms. The van der Waals surface area contributed by atoms with Crippen molar-refractivity contribution in [1.82, 2.24) is 9.80 Å². The lowest BCUT2D eigenvalue weighted by atomic mass is 9.78. The number of carbonyl (C=O) groups excluding carboxylic acids is 1. The molecule has 0 bridgehead atoms. The minimum absolute atomic E-state index is 0. The number of halogens is 2. The highest BCUT2D eigenvalue weighted by molar-refractivity contribution is 5.85. The van der Waals surface area contributed by atoms with Crippen molar-refractivity contribution < 1.29 is 4.79 Å². The van der Waals surface area contributed by atoms with Gasteiger partial charge in [0.2, 0.25) is 5.91 Å². The molecule has 4 nitrogen and oxygen atoms in total. The van der Waals surface area contributed by atoms with Crippen molar-refractivity contribution in [2.45, 2.75) is 69.7 Å². The zero-order chi connectivity index (χ0) is 15.1. The molecule has 0 radical (unpaired) electrons. The summed E-state index contributed by atoms with van der Waals surface area (Å²) in [4.78, 5) is 17.4. The zero-order valence-corrected chi connectivity index (χ0v) is 16.2. The molecule has 0 atom stereocenters. The Morgan fingerprint density at radius 1 is 1.00 bits per heavy atom. The lowest BCUT2D eigenvalue weighted by Crippen LogP contribution is -2.63. The van der Waals surface area contributed by atoms with E-state index in [9.17, 15) is 4.79 Å². The first-order chi connectivity index (χ1) is 10.2. The van der Waals surface area contributed by atoms with Gasteiger partial charge >= 0.3 is 0 Å². The van der Waals surface area contributed by atoms with Crippen molar-refractivity contribution in [3.63, 3.8) is 0 Å². The molecule has 2 N–H and O–H groups in total. The molecule has 0 unspecified atom stereocenters. The van der Waals surface area contributed by atoms with Gasteiger partial charge in [0.25, 0.3) is 0 Å². The van der Waals surface area contributed by atoms with Crippen molar-refractivity contribution >= 4 is 30.7 Å². The Bertz CT molecular complexity index is 336. The number of hydrogen-bond acceptors (Lipinski definition) is 3. The van der Waals surface area contributed by atoms with Crippen molar-refractivity contribution in [2.24, 2.45) is 5.73 Å². The molecule has 1 spiro atoms. The number of carbonyl (C=O) groups is 1. The second kappa shape index (κ2) is 11.5. The van der Waals surface area contributed by atoms with Gasteiger partial charge in [-0.25, -0.2) is 0 Å². The van der Waals surface area contributed by atoms with Gasteiger partial charge in [-0.3, -0.25) is 4.79 Å². The molecule has 2 rings (SSSR count). The van der Waals surface area contributed by atoms with Crippen LogP contribution in [0.1, 0.15) is 64.2 Å². The Morgan fingerprint density at radius 3 is 2.30 bits per heavy atom. The molecule has 1 saturated carbocycles. The van der Waals surface area contributed by atoms with Gasteiger partial charge in [-0.2, -0.15) is 0 Å². The number of likely N-dealkylation sites (N-methyl/N-ethyl adjacent to an activating group) is 1. The highest BCUT2D eigenvalue weighted by Gasteiger charge is 2.43. The standard InChI is InChI=1S/C17H33N3O.2ClH/c1-19-13-14-20(16(21)9-5-2-3-8-12-18)17(15-19)10-6-4-7-11-17;;/h2-15,18H2,1H3;2*1H. The lowest BCUT2D eigenvalue weighted by molar-refractivity contribution is -0.144. The Labute approximate surface area is 154 Å². The Kier molecular flexibility index (Phi) is 11.5. The number of hydrogen-bond donors (Lipinski definition) is 1. The molecule has 0 aromatic heterocycles. The van der Waals surface area contributed by atoms with Gasteiger partial charge in [0.1, 0.15) is 0 Å². The predicted molar refractivity (Wildman–Crippen MR) is 102 cm³/mol. The van der Waals surface area contributed by atoms with Crippen LogP contribution in [0.3, 0.4) is 0 Å². The van der Waals surface area contributed by atoms with E-state index in [1.54, 1.807) is 0 Å². The second-order valence-corrected chi connectivity index (χ2v) is 7.02. The molecule has 138 valence electrons. The predicted octanol–water partition coefficient (Wildman–Crippen LogP) is 3.22. The van der Waals surface area contributed by atoms with Gasteiger partial charge in [0.05, 0.1) is 5.54 Å². The summed E-state index contributed by atoms with van der Waals surface area (Å²) in [6, 6.07) is 0. The molecular formula is C17H35Cl2N3O. The molecule has 0 aromatic rings. The summed E-state index contributed by atoms with van der Waals surface area (Å²) in [6.45, 7) is 3.81. The summed E-state index contributed by atoms with van der Waals surface area (Å²) in [6.07, 6.45) is 11.5. The molecule has 2 aliphatic rings. The van der Waals surface area contributed by atoms with Crippen LogP contribution < -0.4 is 5.73 Å². The summed E-state index contributed by atoms with van der Waals surface area (Å²) in [5, 5.41) is 0. The fraction of sp³-hybridized carbons (Fsp3) is 0.941. The maximum Gasteiger partial charge on any atom is 0.223 e. The SMILES string of the molecule is CN1CCN(C(=O)CCCCCCN)C2(CCCCC2)C1.Cl.Cl. The third-order valence-electron chi connectivity index (χ3n) is 5.27. The molecule has 0 aromatic carbocycles. The van der Waals surface area contributed by atoms with Crippen LogP contribution in [0, 0.1) is 0 Å². The third kappa shape index (κ3) is 6.41. The van der Waals surface area contributed by atoms with Gasteiger partial charge in [-0.05, 0) is 39.3 Å². The zero-order valence-electron chi connectivity index (χ0n) is 14.6. The normalized spacial score (nSPS) is 20.7. The van der Waals surface area contributed by atoms with Crippen LogP contribution in [0.4, 0.5) is 0 Å². The van der Waals surface area contributed by atoms with E-state index in [1.165, 1.54) is 32.1 Å². The molecule has 1 aliphatic carbocycles. The molecule has 1 aliphatic heterocycles. The number of nitrogens with zero attached hydrogens (tertiary/aromatic N) is 2. The number of rotatable bonds is 6. The highest BCUT2D eigenvalue weighted by Crippen LogP contribution is 2.36. The second-order valence-electron chi connectivity index (χ2n) is 7.02. The first kappa shape index (κ1) is 23.0. The highest BCUT2D eigenvalue weighted by atomic mass is 35.5. The molecule has 23 heavy (non-hydrogen) atoms. The fourth-order valence-electron chi connectivity index (χ4n) is 4.11. The summed E-state index contributed by atoms with van der Waals surface area (Å²) < 4.78 is 0. The van der Waals surface area contributed by atoms with Crippen LogP contribution in [0.15, 0.2) is 0 Å². The van der Waals surface area contributed by atoms with E-state index in [0.717, 1.165) is 58.3 Å². The maximum atomic E-state index is 12.7. The van der Waals surface area contributed by atoms with E-state index in [0.29, 0.717) is 5.91 Å². The van der Waals surface area contributed by atoms with E-state index in [1.807, 2.05) is 0 Å². The average Bonchev–Trinajstić information content (AvgIpc) is 2.47. The van der Waals surface area contributed by atoms with Crippen LogP contribution in [0.25, 0.3) is 0 Å². The average molecular weight is 368 g/mol. The summed E-state index contributed by atoms with van der Waals surface area (Å²) >= 11 is 0. The summed E-state index contributed by atoms with van der Waals surface area (Å²) in [5.74, 6) is 0.401. The largest absolute Gasteiger partial charge is 0.334 e. The Balaban J connectivity index is 0.00000242. The van der Waals surface area contributed by atoms with E-state index < -0.39 is 0 Å². The smallest absolute Gasteiger partial charge is 0.223 e. The van der Waals surface area contributed by atoms with Gasteiger partial charge in [0.15, 0.2) is 0 Å². The van der Waals surface area contributed by atoms with Crippen molar-refractivity contribution in [3.05, 3.63) is 0 Å². The van der Waals surface area contributed by atoms with Gasteiger partial charge in [-0.15, -0.1) is 24.8 Å². The number of amides is 1. The Hall–Kier alpha value is -0.0300. The first-order valence-electron chi connectivity index (χ1n) is 8.87. The quantitative estimate of drug-likeness (QED) is 0.733. The molecular weight excluding hydrogens is 333 g/mol. The maximum absolute atomic E-state index is 12.7. The molecule has 1 heterocycles. The molecule has 1 saturated heterocycles. The van der Waals surface area contributed by atoms with E-state index >= 15 is 0 Å². The van der Waals surface area contributed by atoms with Gasteiger partial charge in [0, 0.05) is 26.1 Å². The van der Waals surface area contributed by atoms with Crippen LogP contribution in [-0.4, -0.2) is 54.5 Å². The minimum Gasteiger partial charge on any atom is -0.334 e. The van der Waals surface area contributed by atoms with Crippen molar-refractivity contribution in [1.29, 1.82) is 0 Å². The van der Waals surface area contributed by atoms with Crippen molar-refractivity contribution in [3.8, 4) is 0 Å². The van der Waals surface area contributed by atoms with Crippen LogP contribution >= 0.6 is 24.8 Å². The lowest BCUT2D eigenvalue weighted by Gasteiger charge is -2.52. The monoisotopic (exact) mass is 367 g/mol. The Morgan fingerprint density at radius 2 is 1.65 bits per heavy atom. The summed E-state index contributed by atoms with van der Waals surface area (Å²) in [7, 11) is 2.20. The van der Waals surface area contributed by atoms with Crippen molar-refractivity contribution in [2.75, 3.05) is 33.2 Å². The topological polar surface area (TPSA) is 49.6 Å². The fourth-order valence-corrected chi connectivity index (χ4v) is 4.11. The number of unbranched alkanes of at least 4 members (excludes halogenated alkanes) is 3. The van der Waals surface area contributed by atoms with Gasteiger partial charge in [-0.1, -0.05) is 32.1 Å². The van der Waals surface area contributed by atoms with E-state index in [4.69, 9.17) is 5.73 Å². The first-order valence-corrected chi connectivity index (χ1v) is 8.87.